The van der Waals surface area contributed by atoms with E-state index in [1.807, 2.05) is 0 Å². The molecule has 0 atom stereocenters. The van der Waals surface area contributed by atoms with Crippen molar-refractivity contribution in [2.75, 3.05) is 0 Å². The topological polar surface area (TPSA) is 88.3 Å². The van der Waals surface area contributed by atoms with Gasteiger partial charge in [0.05, 0.1) is 5.71 Å². The van der Waals surface area contributed by atoms with Gasteiger partial charge in [-0.05, 0) is 52.0 Å². The first-order valence-corrected chi connectivity index (χ1v) is 9.27. The van der Waals surface area contributed by atoms with Crippen LogP contribution in [0.2, 0.25) is 0 Å². The molecule has 7 heteroatoms. The van der Waals surface area contributed by atoms with Gasteiger partial charge in [-0.15, -0.1) is 0 Å². The van der Waals surface area contributed by atoms with Crippen molar-refractivity contribution < 1.29 is 23.8 Å². The molecule has 0 unspecified atom stereocenters. The monoisotopic (exact) mass is 408 g/mol. The van der Waals surface area contributed by atoms with Gasteiger partial charge in [0.25, 0.3) is 5.91 Å². The van der Waals surface area contributed by atoms with Gasteiger partial charge in [-0.1, -0.05) is 24.3 Å². The number of hydrogen-bond acceptors (Lipinski definition) is 4. The van der Waals surface area contributed by atoms with Crippen molar-refractivity contribution in [1.29, 1.82) is 0 Å². The quantitative estimate of drug-likeness (QED) is 0.463. The van der Waals surface area contributed by atoms with Crippen molar-refractivity contribution in [3.05, 3.63) is 82.4 Å². The summed E-state index contributed by atoms with van der Waals surface area (Å²) in [6.07, 6.45) is 0. The molecular weight excluding hydrogens is 387 g/mol. The van der Waals surface area contributed by atoms with E-state index in [9.17, 15) is 19.1 Å². The first-order valence-electron chi connectivity index (χ1n) is 9.27. The highest BCUT2D eigenvalue weighted by molar-refractivity contribution is 6.36. The normalized spacial score (nSPS) is 15.4. The molecule has 1 amide bonds. The zero-order chi connectivity index (χ0) is 22.1. The van der Waals surface area contributed by atoms with Crippen LogP contribution in [-0.2, 0) is 9.53 Å². The van der Waals surface area contributed by atoms with E-state index in [0.717, 1.165) is 0 Å². The van der Waals surface area contributed by atoms with E-state index < -0.39 is 23.3 Å². The summed E-state index contributed by atoms with van der Waals surface area (Å²) >= 11 is 0. The van der Waals surface area contributed by atoms with E-state index >= 15 is 0 Å². The average Bonchev–Trinajstić information content (AvgIpc) is 2.99. The van der Waals surface area contributed by atoms with Crippen LogP contribution >= 0.6 is 0 Å². The molecular formula is C23H21FN2O4. The van der Waals surface area contributed by atoms with E-state index in [2.05, 4.69) is 9.98 Å². The largest absolute Gasteiger partial charge is 0.512 e. The Bertz CT molecular complexity index is 1100. The number of amidine groups is 1. The maximum absolute atomic E-state index is 13.1. The van der Waals surface area contributed by atoms with Gasteiger partial charge in [-0.25, -0.2) is 14.2 Å². The second-order valence-electron chi connectivity index (χ2n) is 7.72. The number of allylic oxidation sites excluding steroid dienone is 1. The van der Waals surface area contributed by atoms with Gasteiger partial charge in [0.1, 0.15) is 22.8 Å². The molecule has 2 aromatic rings. The number of carbonyl (C=O) groups excluding carboxylic acids is 2. The highest BCUT2D eigenvalue weighted by Crippen LogP contribution is 2.27. The van der Waals surface area contributed by atoms with Crippen molar-refractivity contribution in [1.82, 2.24) is 0 Å². The van der Waals surface area contributed by atoms with Crippen LogP contribution in [0.5, 0.6) is 0 Å². The minimum atomic E-state index is -0.772. The Kier molecular flexibility index (Phi) is 5.64. The number of hydrogen-bond donors (Lipinski definition) is 1. The molecule has 0 saturated heterocycles. The Hall–Kier alpha value is -3.61. The minimum Gasteiger partial charge on any atom is -0.512 e. The second kappa shape index (κ2) is 8.02. The summed E-state index contributed by atoms with van der Waals surface area (Å²) in [7, 11) is 0. The Labute approximate surface area is 173 Å². The first-order chi connectivity index (χ1) is 14.1. The van der Waals surface area contributed by atoms with Crippen LogP contribution in [0.15, 0.2) is 69.8 Å². The molecule has 154 valence electrons. The number of nitrogens with zero attached hydrogens (tertiary/aromatic N) is 2. The molecule has 1 aliphatic heterocycles. The molecule has 0 spiro atoms. The Morgan fingerprint density at radius 2 is 1.63 bits per heavy atom. The van der Waals surface area contributed by atoms with Gasteiger partial charge in [0.2, 0.25) is 0 Å². The molecule has 2 aromatic carbocycles. The van der Waals surface area contributed by atoms with Crippen LogP contribution in [0.4, 0.5) is 4.39 Å². The summed E-state index contributed by atoms with van der Waals surface area (Å²) in [5, 5.41) is 10.2. The van der Waals surface area contributed by atoms with Gasteiger partial charge in [0, 0.05) is 16.7 Å². The smallest absolute Gasteiger partial charge is 0.344 e. The summed E-state index contributed by atoms with van der Waals surface area (Å²) in [5.41, 5.74) is 0.572. The zero-order valence-corrected chi connectivity index (χ0v) is 17.1. The van der Waals surface area contributed by atoms with Crippen molar-refractivity contribution in [2.45, 2.75) is 33.3 Å². The van der Waals surface area contributed by atoms with Gasteiger partial charge in [0.15, 0.2) is 5.84 Å². The summed E-state index contributed by atoms with van der Waals surface area (Å²) in [5.74, 6) is -1.96. The van der Waals surface area contributed by atoms with Crippen LogP contribution in [0.3, 0.4) is 0 Å². The fourth-order valence-corrected chi connectivity index (χ4v) is 2.88. The third-order valence-electron chi connectivity index (χ3n) is 4.14. The summed E-state index contributed by atoms with van der Waals surface area (Å²) in [4.78, 5) is 33.7. The summed E-state index contributed by atoms with van der Waals surface area (Å²) < 4.78 is 18.5. The van der Waals surface area contributed by atoms with Crippen LogP contribution in [0.1, 0.15) is 49.2 Å². The predicted molar refractivity (Wildman–Crippen MR) is 111 cm³/mol. The van der Waals surface area contributed by atoms with Gasteiger partial charge < -0.3 is 9.84 Å². The van der Waals surface area contributed by atoms with Gasteiger partial charge in [-0.2, -0.15) is 4.99 Å². The van der Waals surface area contributed by atoms with E-state index in [1.165, 1.54) is 31.2 Å². The number of ether oxygens (including phenoxy) is 1. The summed E-state index contributed by atoms with van der Waals surface area (Å²) in [6, 6.07) is 11.9. The van der Waals surface area contributed by atoms with Crippen molar-refractivity contribution in [3.63, 3.8) is 0 Å². The molecule has 1 N–H and O–H groups in total. The van der Waals surface area contributed by atoms with Crippen LogP contribution in [0, 0.1) is 5.82 Å². The molecule has 1 aliphatic rings. The van der Waals surface area contributed by atoms with Crippen LogP contribution < -0.4 is 0 Å². The number of aliphatic hydroxyl groups is 1. The van der Waals surface area contributed by atoms with E-state index in [0.29, 0.717) is 11.1 Å². The average molecular weight is 408 g/mol. The van der Waals surface area contributed by atoms with E-state index in [4.69, 9.17) is 4.74 Å². The lowest BCUT2D eigenvalue weighted by atomic mass is 9.99. The molecule has 0 bridgehead atoms. The maximum atomic E-state index is 13.1. The number of fused-ring (bicyclic) bond motifs is 1. The maximum Gasteiger partial charge on any atom is 0.344 e. The molecule has 0 aromatic heterocycles. The number of amides is 1. The molecule has 3 rings (SSSR count). The molecule has 6 nitrogen and oxygen atoms in total. The van der Waals surface area contributed by atoms with Crippen molar-refractivity contribution in [2.24, 2.45) is 9.98 Å². The van der Waals surface area contributed by atoms with Crippen LogP contribution in [0.25, 0.3) is 0 Å². The fraction of sp³-hybridized carbons (Fsp3) is 0.217. The number of benzene rings is 2. The lowest BCUT2D eigenvalue weighted by molar-refractivity contribution is -0.149. The Morgan fingerprint density at radius 1 is 1.03 bits per heavy atom. The van der Waals surface area contributed by atoms with Crippen molar-refractivity contribution in [3.8, 4) is 0 Å². The Morgan fingerprint density at radius 3 is 2.20 bits per heavy atom. The SMILES string of the molecule is C/C(O)=C(/C(=O)OC(C)(C)C)C1=NC(=NC(=O)c2ccc(F)cc2)c2ccccc21. The molecule has 0 aliphatic carbocycles. The second-order valence-corrected chi connectivity index (χ2v) is 7.72. The third-order valence-corrected chi connectivity index (χ3v) is 4.14. The number of rotatable bonds is 3. The Balaban J connectivity index is 2.07. The fourth-order valence-electron chi connectivity index (χ4n) is 2.88. The highest BCUT2D eigenvalue weighted by atomic mass is 19.1. The van der Waals surface area contributed by atoms with Gasteiger partial charge in [-0.3, -0.25) is 4.79 Å². The zero-order valence-electron chi connectivity index (χ0n) is 17.1. The predicted octanol–water partition coefficient (Wildman–Crippen LogP) is 4.39. The number of esters is 1. The molecule has 0 saturated carbocycles. The minimum absolute atomic E-state index is 0.0947. The van der Waals surface area contributed by atoms with E-state index in [1.54, 1.807) is 45.0 Å². The number of carbonyl (C=O) groups is 2. The number of aliphatic imine (C=N–C) groups is 2. The third kappa shape index (κ3) is 4.51. The number of halogens is 1. The molecule has 0 radical (unpaired) electrons. The first kappa shape index (κ1) is 21.1. The molecule has 1 heterocycles. The molecule has 30 heavy (non-hydrogen) atoms. The lowest BCUT2D eigenvalue weighted by Gasteiger charge is -2.21. The standard InChI is InChI=1S/C23H21FN2O4/c1-13(27)18(22(29)30-23(2,3)4)19-16-7-5-6-8-17(16)20(25-19)26-21(28)14-9-11-15(24)12-10-14/h5-12,27H,1-4H3/b18-13-,26-20?. The van der Waals surface area contributed by atoms with Crippen molar-refractivity contribution >= 4 is 23.4 Å². The highest BCUT2D eigenvalue weighted by Gasteiger charge is 2.32. The number of aliphatic hydroxyl groups excluding tert-OH is 1. The van der Waals surface area contributed by atoms with Gasteiger partial charge >= 0.3 is 5.97 Å². The molecule has 0 fully saturated rings. The lowest BCUT2D eigenvalue weighted by Crippen LogP contribution is -2.28. The van der Waals surface area contributed by atoms with E-state index in [-0.39, 0.29) is 28.4 Å². The van der Waals surface area contributed by atoms with Crippen LogP contribution in [-0.4, -0.2) is 34.1 Å². The summed E-state index contributed by atoms with van der Waals surface area (Å²) in [6.45, 7) is 6.51.